The molecule has 0 aliphatic rings. The van der Waals surface area contributed by atoms with Gasteiger partial charge in [-0.3, -0.25) is 9.78 Å². The van der Waals surface area contributed by atoms with E-state index in [-0.39, 0.29) is 5.56 Å². The highest BCUT2D eigenvalue weighted by atomic mass is 32.1. The average molecular weight is 278 g/mol. The van der Waals surface area contributed by atoms with Gasteiger partial charge in [0.05, 0.1) is 5.56 Å². The number of unbranched alkanes of at least 4 members (excludes halogenated alkanes) is 3. The van der Waals surface area contributed by atoms with E-state index in [1.165, 1.54) is 31.0 Å². The molecule has 0 aromatic carbocycles. The van der Waals surface area contributed by atoms with Gasteiger partial charge in [-0.05, 0) is 29.9 Å². The molecule has 2 N–H and O–H groups in total. The number of hydrogen-bond donors (Lipinski definition) is 2. The lowest BCUT2D eigenvalue weighted by Gasteiger charge is -2.03. The summed E-state index contributed by atoms with van der Waals surface area (Å²) in [5, 5.41) is 2.00. The highest BCUT2D eigenvalue weighted by Crippen LogP contribution is 2.27. The van der Waals surface area contributed by atoms with E-state index < -0.39 is 5.69 Å². The minimum Gasteiger partial charge on any atom is -0.313 e. The summed E-state index contributed by atoms with van der Waals surface area (Å²) in [6.07, 6.45) is 7.31. The van der Waals surface area contributed by atoms with Crippen molar-refractivity contribution >= 4 is 11.3 Å². The number of nitrogens with one attached hydrogen (secondary N) is 2. The first-order chi connectivity index (χ1) is 9.22. The van der Waals surface area contributed by atoms with Crippen LogP contribution < -0.4 is 11.2 Å². The summed E-state index contributed by atoms with van der Waals surface area (Å²) >= 11 is 1.54. The van der Waals surface area contributed by atoms with E-state index in [2.05, 4.69) is 23.0 Å². The molecule has 19 heavy (non-hydrogen) atoms. The van der Waals surface area contributed by atoms with Gasteiger partial charge in [0.15, 0.2) is 0 Å². The van der Waals surface area contributed by atoms with Crippen LogP contribution in [-0.4, -0.2) is 9.97 Å². The lowest BCUT2D eigenvalue weighted by molar-refractivity contribution is 0.668. The summed E-state index contributed by atoms with van der Waals surface area (Å²) in [4.78, 5) is 28.6. The fourth-order valence-electron chi connectivity index (χ4n) is 2.09. The van der Waals surface area contributed by atoms with Crippen molar-refractivity contribution in [2.24, 2.45) is 0 Å². The van der Waals surface area contributed by atoms with E-state index in [0.29, 0.717) is 5.56 Å². The molecule has 0 saturated heterocycles. The second-order valence-electron chi connectivity index (χ2n) is 4.57. The van der Waals surface area contributed by atoms with Crippen molar-refractivity contribution in [2.75, 3.05) is 0 Å². The molecular formula is C14H18N2O2S. The van der Waals surface area contributed by atoms with Crippen molar-refractivity contribution < 1.29 is 0 Å². The number of aromatic nitrogens is 2. The molecule has 4 nitrogen and oxygen atoms in total. The van der Waals surface area contributed by atoms with E-state index in [1.54, 1.807) is 11.3 Å². The Morgan fingerprint density at radius 2 is 2.05 bits per heavy atom. The third-order valence-electron chi connectivity index (χ3n) is 3.11. The van der Waals surface area contributed by atoms with Crippen LogP contribution in [0.2, 0.25) is 0 Å². The van der Waals surface area contributed by atoms with Gasteiger partial charge in [0, 0.05) is 11.1 Å². The largest absolute Gasteiger partial charge is 0.325 e. The summed E-state index contributed by atoms with van der Waals surface area (Å²) in [5.41, 5.74) is 0.967. The van der Waals surface area contributed by atoms with Crippen LogP contribution in [0.15, 0.2) is 27.2 Å². The molecule has 0 spiro atoms. The summed E-state index contributed by atoms with van der Waals surface area (Å²) in [6.45, 7) is 2.19. The van der Waals surface area contributed by atoms with Crippen LogP contribution in [0, 0.1) is 0 Å². The molecule has 0 atom stereocenters. The first-order valence-electron chi connectivity index (χ1n) is 6.61. The Hall–Kier alpha value is -1.62. The quantitative estimate of drug-likeness (QED) is 0.798. The predicted molar refractivity (Wildman–Crippen MR) is 78.8 cm³/mol. The lowest BCUT2D eigenvalue weighted by atomic mass is 10.1. The number of thiophene rings is 1. The molecule has 2 rings (SSSR count). The number of aryl methyl sites for hydroxylation is 1. The van der Waals surface area contributed by atoms with E-state index in [0.717, 1.165) is 17.7 Å². The van der Waals surface area contributed by atoms with Gasteiger partial charge in [0.1, 0.15) is 0 Å². The van der Waals surface area contributed by atoms with Gasteiger partial charge in [-0.15, -0.1) is 11.3 Å². The van der Waals surface area contributed by atoms with Gasteiger partial charge < -0.3 is 4.98 Å². The lowest BCUT2D eigenvalue weighted by Crippen LogP contribution is -2.22. The molecule has 0 aliphatic carbocycles. The maximum atomic E-state index is 11.8. The fraction of sp³-hybridized carbons (Fsp3) is 0.429. The molecule has 0 amide bonds. The second kappa shape index (κ2) is 6.52. The van der Waals surface area contributed by atoms with Crippen LogP contribution in [0.1, 0.15) is 38.2 Å². The summed E-state index contributed by atoms with van der Waals surface area (Å²) in [7, 11) is 0. The minimum absolute atomic E-state index is 0.319. The van der Waals surface area contributed by atoms with Crippen LogP contribution >= 0.6 is 11.3 Å². The highest BCUT2D eigenvalue weighted by Gasteiger charge is 2.10. The van der Waals surface area contributed by atoms with Crippen molar-refractivity contribution in [3.8, 4) is 10.4 Å². The van der Waals surface area contributed by atoms with Gasteiger partial charge in [-0.25, -0.2) is 4.79 Å². The first kappa shape index (κ1) is 13.8. The molecule has 0 radical (unpaired) electrons. The molecule has 0 saturated carbocycles. The van der Waals surface area contributed by atoms with E-state index in [4.69, 9.17) is 0 Å². The number of aromatic amines is 2. The van der Waals surface area contributed by atoms with Crippen molar-refractivity contribution in [3.05, 3.63) is 44.0 Å². The monoisotopic (exact) mass is 278 g/mol. The third-order valence-corrected chi connectivity index (χ3v) is 4.10. The predicted octanol–water partition coefficient (Wildman–Crippen LogP) is 2.91. The zero-order chi connectivity index (χ0) is 13.7. The van der Waals surface area contributed by atoms with Crippen LogP contribution in [0.5, 0.6) is 0 Å². The topological polar surface area (TPSA) is 65.7 Å². The van der Waals surface area contributed by atoms with Crippen molar-refractivity contribution in [1.29, 1.82) is 0 Å². The van der Waals surface area contributed by atoms with E-state index in [9.17, 15) is 9.59 Å². The standard InChI is InChI=1S/C14H18N2O2S/c1-2-3-4-5-6-10-7-8-19-12(10)11-9-15-14(18)16-13(11)17/h7-9H,2-6H2,1H3,(H2,15,16,17,18). The molecule has 0 bridgehead atoms. The number of hydrogen-bond acceptors (Lipinski definition) is 3. The minimum atomic E-state index is -0.463. The normalized spacial score (nSPS) is 10.8. The fourth-order valence-corrected chi connectivity index (χ4v) is 3.06. The Bertz CT molecular complexity index is 639. The molecule has 2 aromatic heterocycles. The number of rotatable bonds is 6. The highest BCUT2D eigenvalue weighted by molar-refractivity contribution is 7.13. The van der Waals surface area contributed by atoms with Crippen molar-refractivity contribution in [3.63, 3.8) is 0 Å². The maximum Gasteiger partial charge on any atom is 0.325 e. The zero-order valence-electron chi connectivity index (χ0n) is 11.0. The third kappa shape index (κ3) is 3.44. The van der Waals surface area contributed by atoms with E-state index in [1.807, 2.05) is 5.38 Å². The SMILES string of the molecule is CCCCCCc1ccsc1-c1c[nH]c(=O)[nH]c1=O. The Morgan fingerprint density at radius 1 is 1.21 bits per heavy atom. The summed E-state index contributed by atoms with van der Waals surface area (Å²) in [6, 6.07) is 2.07. The molecule has 2 heterocycles. The molecule has 102 valence electrons. The molecular weight excluding hydrogens is 260 g/mol. The Kier molecular flexibility index (Phi) is 4.74. The summed E-state index contributed by atoms with van der Waals surface area (Å²) in [5.74, 6) is 0. The van der Waals surface area contributed by atoms with Crippen LogP contribution in [0.3, 0.4) is 0 Å². The van der Waals surface area contributed by atoms with Crippen LogP contribution in [-0.2, 0) is 6.42 Å². The zero-order valence-corrected chi connectivity index (χ0v) is 11.8. The summed E-state index contributed by atoms with van der Waals surface area (Å²) < 4.78 is 0. The van der Waals surface area contributed by atoms with E-state index >= 15 is 0 Å². The van der Waals surface area contributed by atoms with Gasteiger partial charge in [0.25, 0.3) is 5.56 Å². The van der Waals surface area contributed by atoms with Crippen LogP contribution in [0.25, 0.3) is 10.4 Å². The first-order valence-corrected chi connectivity index (χ1v) is 7.49. The molecule has 2 aromatic rings. The van der Waals surface area contributed by atoms with Crippen molar-refractivity contribution in [1.82, 2.24) is 9.97 Å². The van der Waals surface area contributed by atoms with Crippen molar-refractivity contribution in [2.45, 2.75) is 39.0 Å². The Labute approximate surface area is 115 Å². The number of H-pyrrole nitrogens is 2. The second-order valence-corrected chi connectivity index (χ2v) is 5.49. The smallest absolute Gasteiger partial charge is 0.313 e. The van der Waals surface area contributed by atoms with Gasteiger partial charge in [0.2, 0.25) is 0 Å². The molecule has 0 aliphatic heterocycles. The average Bonchev–Trinajstić information content (AvgIpc) is 2.83. The molecule has 5 heteroatoms. The van der Waals surface area contributed by atoms with Crippen LogP contribution in [0.4, 0.5) is 0 Å². The molecule has 0 fully saturated rings. The van der Waals surface area contributed by atoms with Gasteiger partial charge in [-0.1, -0.05) is 26.2 Å². The van der Waals surface area contributed by atoms with Gasteiger partial charge >= 0.3 is 5.69 Å². The van der Waals surface area contributed by atoms with Gasteiger partial charge in [-0.2, -0.15) is 0 Å². The maximum absolute atomic E-state index is 11.8. The molecule has 0 unspecified atom stereocenters. The Balaban J connectivity index is 2.19. The Morgan fingerprint density at radius 3 is 2.79 bits per heavy atom.